The SMILES string of the molecule is O=S(=O)(NCC1CCCC1CO)c1ccn[nH]1. The van der Waals surface area contributed by atoms with Crippen LogP contribution in [0.1, 0.15) is 19.3 Å². The molecule has 7 heteroatoms. The Morgan fingerprint density at radius 3 is 2.88 bits per heavy atom. The van der Waals surface area contributed by atoms with Crippen molar-refractivity contribution in [1.29, 1.82) is 0 Å². The molecule has 0 radical (unpaired) electrons. The molecule has 0 aliphatic heterocycles. The Kier molecular flexibility index (Phi) is 3.80. The van der Waals surface area contributed by atoms with Gasteiger partial charge in [0, 0.05) is 13.2 Å². The van der Waals surface area contributed by atoms with E-state index in [-0.39, 0.29) is 23.5 Å². The Bertz CT molecular complexity index is 443. The number of nitrogens with zero attached hydrogens (tertiary/aromatic N) is 1. The summed E-state index contributed by atoms with van der Waals surface area (Å²) >= 11 is 0. The number of sulfonamides is 1. The summed E-state index contributed by atoms with van der Waals surface area (Å²) in [6.45, 7) is 0.517. The van der Waals surface area contributed by atoms with Gasteiger partial charge in [-0.3, -0.25) is 5.10 Å². The molecule has 2 unspecified atom stereocenters. The summed E-state index contributed by atoms with van der Waals surface area (Å²) in [5, 5.41) is 15.3. The quantitative estimate of drug-likeness (QED) is 0.698. The third-order valence-corrected chi connectivity index (χ3v) is 4.70. The van der Waals surface area contributed by atoms with Gasteiger partial charge in [0.25, 0.3) is 10.0 Å². The average molecular weight is 259 g/mol. The van der Waals surface area contributed by atoms with Gasteiger partial charge < -0.3 is 5.11 Å². The Balaban J connectivity index is 1.94. The van der Waals surface area contributed by atoms with Gasteiger partial charge >= 0.3 is 0 Å². The number of aliphatic hydroxyl groups excluding tert-OH is 1. The minimum Gasteiger partial charge on any atom is -0.396 e. The van der Waals surface area contributed by atoms with E-state index in [9.17, 15) is 8.42 Å². The third-order valence-electron chi connectivity index (χ3n) is 3.35. The van der Waals surface area contributed by atoms with E-state index in [1.807, 2.05) is 0 Å². The van der Waals surface area contributed by atoms with Crippen molar-refractivity contribution in [2.24, 2.45) is 11.8 Å². The number of hydrogen-bond donors (Lipinski definition) is 3. The zero-order valence-corrected chi connectivity index (χ0v) is 10.3. The van der Waals surface area contributed by atoms with Crippen LogP contribution in [0.4, 0.5) is 0 Å². The lowest BCUT2D eigenvalue weighted by Gasteiger charge is -2.17. The number of aromatic nitrogens is 2. The lowest BCUT2D eigenvalue weighted by atomic mass is 9.97. The molecule has 96 valence electrons. The predicted octanol–water partition coefficient (Wildman–Crippen LogP) is 0.0966. The molecule has 2 rings (SSSR count). The lowest BCUT2D eigenvalue weighted by Crippen LogP contribution is -2.31. The topological polar surface area (TPSA) is 95.1 Å². The summed E-state index contributed by atoms with van der Waals surface area (Å²) in [5.41, 5.74) is 0. The summed E-state index contributed by atoms with van der Waals surface area (Å²) in [5.74, 6) is 0.456. The van der Waals surface area contributed by atoms with Gasteiger partial charge in [-0.15, -0.1) is 0 Å². The molecule has 0 aromatic carbocycles. The van der Waals surface area contributed by atoms with Gasteiger partial charge in [0.1, 0.15) is 0 Å². The highest BCUT2D eigenvalue weighted by molar-refractivity contribution is 7.89. The summed E-state index contributed by atoms with van der Waals surface area (Å²) in [4.78, 5) is 0. The van der Waals surface area contributed by atoms with Gasteiger partial charge in [0.05, 0.1) is 6.20 Å². The third kappa shape index (κ3) is 2.85. The first-order chi connectivity index (χ1) is 8.13. The van der Waals surface area contributed by atoms with E-state index in [0.29, 0.717) is 6.54 Å². The molecule has 1 aromatic rings. The molecule has 6 nitrogen and oxygen atoms in total. The first kappa shape index (κ1) is 12.5. The fourth-order valence-electron chi connectivity index (χ4n) is 2.31. The molecule has 0 saturated heterocycles. The number of H-pyrrole nitrogens is 1. The summed E-state index contributed by atoms with van der Waals surface area (Å²) in [6, 6.07) is 1.42. The highest BCUT2D eigenvalue weighted by Gasteiger charge is 2.28. The first-order valence-electron chi connectivity index (χ1n) is 5.73. The predicted molar refractivity (Wildman–Crippen MR) is 61.7 cm³/mol. The van der Waals surface area contributed by atoms with Crippen molar-refractivity contribution in [1.82, 2.24) is 14.9 Å². The van der Waals surface area contributed by atoms with E-state index in [4.69, 9.17) is 5.11 Å². The molecule has 1 fully saturated rings. The van der Waals surface area contributed by atoms with Gasteiger partial charge in [-0.1, -0.05) is 6.42 Å². The van der Waals surface area contributed by atoms with Crippen LogP contribution in [0, 0.1) is 11.8 Å². The molecule has 2 atom stereocenters. The summed E-state index contributed by atoms with van der Waals surface area (Å²) in [6.07, 6.45) is 4.41. The van der Waals surface area contributed by atoms with Crippen molar-refractivity contribution in [2.45, 2.75) is 24.3 Å². The smallest absolute Gasteiger partial charge is 0.257 e. The van der Waals surface area contributed by atoms with Crippen LogP contribution < -0.4 is 4.72 Å². The second-order valence-electron chi connectivity index (χ2n) is 4.41. The highest BCUT2D eigenvalue weighted by Crippen LogP contribution is 2.30. The molecular weight excluding hydrogens is 242 g/mol. The van der Waals surface area contributed by atoms with Crippen LogP contribution in [0.3, 0.4) is 0 Å². The zero-order chi connectivity index (χ0) is 12.3. The summed E-state index contributed by atoms with van der Waals surface area (Å²) < 4.78 is 26.2. The minimum absolute atomic E-state index is 0.0797. The Morgan fingerprint density at radius 1 is 1.47 bits per heavy atom. The standard InChI is InChI=1S/C10H17N3O3S/c14-7-9-3-1-2-8(9)6-12-17(15,16)10-4-5-11-13-10/h4-5,8-9,12,14H,1-3,6-7H2,(H,11,13). The number of aliphatic hydroxyl groups is 1. The maximum absolute atomic E-state index is 11.8. The van der Waals surface area contributed by atoms with Crippen molar-refractivity contribution < 1.29 is 13.5 Å². The zero-order valence-electron chi connectivity index (χ0n) is 9.46. The maximum Gasteiger partial charge on any atom is 0.257 e. The molecule has 1 aromatic heterocycles. The van der Waals surface area contributed by atoms with Gasteiger partial charge in [-0.2, -0.15) is 5.10 Å². The average Bonchev–Trinajstić information content (AvgIpc) is 2.97. The fraction of sp³-hybridized carbons (Fsp3) is 0.700. The number of rotatable bonds is 5. The van der Waals surface area contributed by atoms with Crippen LogP contribution in [0.2, 0.25) is 0 Å². The van der Waals surface area contributed by atoms with E-state index in [1.54, 1.807) is 0 Å². The number of aromatic amines is 1. The van der Waals surface area contributed by atoms with Gasteiger partial charge in [0.15, 0.2) is 5.03 Å². The van der Waals surface area contributed by atoms with E-state index in [2.05, 4.69) is 14.9 Å². The van der Waals surface area contributed by atoms with Crippen LogP contribution in [-0.2, 0) is 10.0 Å². The molecule has 0 amide bonds. The van der Waals surface area contributed by atoms with Gasteiger partial charge in [0.2, 0.25) is 0 Å². The van der Waals surface area contributed by atoms with E-state index in [1.165, 1.54) is 12.3 Å². The van der Waals surface area contributed by atoms with Gasteiger partial charge in [-0.05, 0) is 30.7 Å². The molecular formula is C10H17N3O3S. The van der Waals surface area contributed by atoms with Crippen molar-refractivity contribution in [3.8, 4) is 0 Å². The monoisotopic (exact) mass is 259 g/mol. The number of hydrogen-bond acceptors (Lipinski definition) is 4. The number of nitrogens with one attached hydrogen (secondary N) is 2. The molecule has 0 bridgehead atoms. The first-order valence-corrected chi connectivity index (χ1v) is 7.21. The Labute approximate surface area is 100 Å². The molecule has 17 heavy (non-hydrogen) atoms. The largest absolute Gasteiger partial charge is 0.396 e. The molecule has 1 aliphatic carbocycles. The lowest BCUT2D eigenvalue weighted by molar-refractivity contribution is 0.195. The van der Waals surface area contributed by atoms with Crippen molar-refractivity contribution in [2.75, 3.05) is 13.2 Å². The van der Waals surface area contributed by atoms with Crippen LogP contribution in [0.25, 0.3) is 0 Å². The van der Waals surface area contributed by atoms with Crippen molar-refractivity contribution in [3.05, 3.63) is 12.3 Å². The maximum atomic E-state index is 11.8. The molecule has 1 aliphatic rings. The molecule has 1 heterocycles. The van der Waals surface area contributed by atoms with Crippen LogP contribution in [0.15, 0.2) is 17.3 Å². The molecule has 3 N–H and O–H groups in total. The Hall–Kier alpha value is -0.920. The second-order valence-corrected chi connectivity index (χ2v) is 6.14. The Morgan fingerprint density at radius 2 is 2.24 bits per heavy atom. The van der Waals surface area contributed by atoms with Crippen LogP contribution in [0.5, 0.6) is 0 Å². The van der Waals surface area contributed by atoms with E-state index < -0.39 is 10.0 Å². The van der Waals surface area contributed by atoms with E-state index >= 15 is 0 Å². The van der Waals surface area contributed by atoms with Crippen LogP contribution in [-0.4, -0.2) is 36.9 Å². The second kappa shape index (κ2) is 5.16. The van der Waals surface area contributed by atoms with Crippen molar-refractivity contribution in [3.63, 3.8) is 0 Å². The molecule has 0 spiro atoms. The van der Waals surface area contributed by atoms with E-state index in [0.717, 1.165) is 19.3 Å². The van der Waals surface area contributed by atoms with Crippen LogP contribution >= 0.6 is 0 Å². The van der Waals surface area contributed by atoms with Gasteiger partial charge in [-0.25, -0.2) is 13.1 Å². The highest BCUT2D eigenvalue weighted by atomic mass is 32.2. The minimum atomic E-state index is -3.49. The molecule has 1 saturated carbocycles. The fourth-order valence-corrected chi connectivity index (χ4v) is 3.31. The normalized spacial score (nSPS) is 25.2. The van der Waals surface area contributed by atoms with Crippen molar-refractivity contribution >= 4 is 10.0 Å². The summed E-state index contributed by atoms with van der Waals surface area (Å²) in [7, 11) is -3.49.